The van der Waals surface area contributed by atoms with Crippen molar-refractivity contribution in [3.8, 4) is 0 Å². The van der Waals surface area contributed by atoms with Crippen LogP contribution in [0.5, 0.6) is 0 Å². The number of benzene rings is 2. The van der Waals surface area contributed by atoms with Gasteiger partial charge in [-0.25, -0.2) is 0 Å². The van der Waals surface area contributed by atoms with Gasteiger partial charge in [0.05, 0.1) is 0 Å². The standard InChI is InChI=1S/C11H10.B/c1-9-5-4-7-10-6-2-3-8-11(9)10;/h2-8H,1H3;. The van der Waals surface area contributed by atoms with Crippen molar-refractivity contribution in [1.82, 2.24) is 0 Å². The molecule has 0 aliphatic heterocycles. The highest BCUT2D eigenvalue weighted by molar-refractivity contribution is 5.85. The molecule has 0 spiro atoms. The first-order chi connectivity index (χ1) is 5.38. The molecule has 57 valence electrons. The molecule has 0 saturated heterocycles. The Morgan fingerprint density at radius 2 is 1.50 bits per heavy atom. The molecule has 0 N–H and O–H groups in total. The zero-order valence-electron chi connectivity index (χ0n) is 7.12. The number of hydrogen-bond donors (Lipinski definition) is 0. The van der Waals surface area contributed by atoms with Gasteiger partial charge in [-0.3, -0.25) is 0 Å². The maximum absolute atomic E-state index is 2.16. The van der Waals surface area contributed by atoms with Crippen LogP contribution in [-0.4, -0.2) is 8.41 Å². The summed E-state index contributed by atoms with van der Waals surface area (Å²) in [5.41, 5.74) is 1.35. The zero-order valence-corrected chi connectivity index (χ0v) is 7.12. The minimum absolute atomic E-state index is 0. The fourth-order valence-electron chi connectivity index (χ4n) is 1.39. The van der Waals surface area contributed by atoms with E-state index in [1.165, 1.54) is 16.3 Å². The van der Waals surface area contributed by atoms with Crippen LogP contribution in [0.3, 0.4) is 0 Å². The largest absolute Gasteiger partial charge is 0.0616 e. The van der Waals surface area contributed by atoms with Gasteiger partial charge < -0.3 is 0 Å². The number of fused-ring (bicyclic) bond motifs is 1. The molecule has 2 aromatic rings. The molecule has 0 aliphatic carbocycles. The predicted octanol–water partition coefficient (Wildman–Crippen LogP) is 2.77. The Balaban J connectivity index is 0.000000720. The minimum atomic E-state index is 0. The quantitative estimate of drug-likeness (QED) is 0.510. The van der Waals surface area contributed by atoms with Crippen molar-refractivity contribution in [2.24, 2.45) is 0 Å². The highest BCUT2D eigenvalue weighted by Crippen LogP contribution is 2.16. The Morgan fingerprint density at radius 3 is 2.25 bits per heavy atom. The van der Waals surface area contributed by atoms with E-state index in [0.717, 1.165) is 0 Å². The lowest BCUT2D eigenvalue weighted by atomic mass is 10.1. The molecule has 3 radical (unpaired) electrons. The van der Waals surface area contributed by atoms with E-state index in [1.54, 1.807) is 0 Å². The fraction of sp³-hybridized carbons (Fsp3) is 0.0909. The van der Waals surface area contributed by atoms with Crippen LogP contribution >= 0.6 is 0 Å². The summed E-state index contributed by atoms with van der Waals surface area (Å²) in [5, 5.41) is 2.68. The molecule has 2 aromatic carbocycles. The monoisotopic (exact) mass is 153 g/mol. The maximum atomic E-state index is 2.16. The van der Waals surface area contributed by atoms with Crippen LogP contribution in [0.1, 0.15) is 5.56 Å². The van der Waals surface area contributed by atoms with E-state index in [1.807, 2.05) is 0 Å². The summed E-state index contributed by atoms with van der Waals surface area (Å²) in [5.74, 6) is 0. The molecule has 0 amide bonds. The molecule has 0 saturated carbocycles. The lowest BCUT2D eigenvalue weighted by Crippen LogP contribution is -1.75. The maximum Gasteiger partial charge on any atom is 0 e. The summed E-state index contributed by atoms with van der Waals surface area (Å²) in [7, 11) is 0. The Bertz CT molecular complexity index is 374. The third kappa shape index (κ3) is 1.35. The van der Waals surface area contributed by atoms with E-state index < -0.39 is 0 Å². The Morgan fingerprint density at radius 1 is 0.833 bits per heavy atom. The number of aryl methyl sites for hydroxylation is 1. The summed E-state index contributed by atoms with van der Waals surface area (Å²) in [4.78, 5) is 0. The van der Waals surface area contributed by atoms with Crippen molar-refractivity contribution in [2.75, 3.05) is 0 Å². The van der Waals surface area contributed by atoms with E-state index in [0.29, 0.717) is 0 Å². The van der Waals surface area contributed by atoms with Gasteiger partial charge in [0.2, 0.25) is 0 Å². The first-order valence-electron chi connectivity index (χ1n) is 3.82. The molecule has 0 fully saturated rings. The van der Waals surface area contributed by atoms with Crippen molar-refractivity contribution in [3.63, 3.8) is 0 Å². The normalized spacial score (nSPS) is 9.42. The van der Waals surface area contributed by atoms with E-state index in [4.69, 9.17) is 0 Å². The molecular weight excluding hydrogens is 143 g/mol. The predicted molar refractivity (Wildman–Crippen MR) is 54.4 cm³/mol. The third-order valence-corrected chi connectivity index (χ3v) is 2.01. The molecular formula is C11H10B. The van der Waals surface area contributed by atoms with Crippen LogP contribution in [0.2, 0.25) is 0 Å². The van der Waals surface area contributed by atoms with Gasteiger partial charge in [0.1, 0.15) is 0 Å². The second-order valence-corrected chi connectivity index (χ2v) is 2.80. The summed E-state index contributed by atoms with van der Waals surface area (Å²) in [6, 6.07) is 14.8. The van der Waals surface area contributed by atoms with Crippen molar-refractivity contribution in [1.29, 1.82) is 0 Å². The van der Waals surface area contributed by atoms with Crippen LogP contribution in [0.25, 0.3) is 10.8 Å². The van der Waals surface area contributed by atoms with Crippen LogP contribution in [0.15, 0.2) is 42.5 Å². The summed E-state index contributed by atoms with van der Waals surface area (Å²) in [6.45, 7) is 2.14. The van der Waals surface area contributed by atoms with Gasteiger partial charge in [-0.15, -0.1) is 0 Å². The zero-order chi connectivity index (χ0) is 7.68. The number of rotatable bonds is 0. The van der Waals surface area contributed by atoms with Gasteiger partial charge in [0.25, 0.3) is 0 Å². The number of hydrogen-bond acceptors (Lipinski definition) is 0. The Labute approximate surface area is 74.8 Å². The molecule has 0 heterocycles. The smallest absolute Gasteiger partial charge is 0 e. The average Bonchev–Trinajstić information content (AvgIpc) is 2.06. The van der Waals surface area contributed by atoms with Gasteiger partial charge in [0, 0.05) is 8.41 Å². The van der Waals surface area contributed by atoms with Crippen molar-refractivity contribution in [2.45, 2.75) is 6.92 Å². The van der Waals surface area contributed by atoms with Crippen molar-refractivity contribution in [3.05, 3.63) is 48.0 Å². The molecule has 0 unspecified atom stereocenters. The highest BCUT2D eigenvalue weighted by Gasteiger charge is 1.91. The second-order valence-electron chi connectivity index (χ2n) is 2.80. The fourth-order valence-corrected chi connectivity index (χ4v) is 1.39. The van der Waals surface area contributed by atoms with Crippen LogP contribution in [-0.2, 0) is 0 Å². The van der Waals surface area contributed by atoms with Gasteiger partial charge >= 0.3 is 0 Å². The molecule has 0 atom stereocenters. The molecule has 0 aliphatic rings. The Kier molecular flexibility index (Phi) is 2.54. The second kappa shape index (κ2) is 3.44. The van der Waals surface area contributed by atoms with Crippen LogP contribution in [0.4, 0.5) is 0 Å². The van der Waals surface area contributed by atoms with E-state index in [-0.39, 0.29) is 8.41 Å². The first-order valence-corrected chi connectivity index (χ1v) is 3.82. The van der Waals surface area contributed by atoms with Crippen LogP contribution in [0, 0.1) is 6.92 Å². The molecule has 1 heteroatoms. The molecule has 2 rings (SSSR count). The Hall–Kier alpha value is -1.24. The highest BCUT2D eigenvalue weighted by atomic mass is 14.0. The van der Waals surface area contributed by atoms with E-state index in [9.17, 15) is 0 Å². The van der Waals surface area contributed by atoms with Gasteiger partial charge in [-0.1, -0.05) is 42.5 Å². The summed E-state index contributed by atoms with van der Waals surface area (Å²) < 4.78 is 0. The van der Waals surface area contributed by atoms with Gasteiger partial charge in [-0.05, 0) is 23.3 Å². The van der Waals surface area contributed by atoms with E-state index in [2.05, 4.69) is 49.4 Å². The van der Waals surface area contributed by atoms with Gasteiger partial charge in [0.15, 0.2) is 0 Å². The third-order valence-electron chi connectivity index (χ3n) is 2.01. The minimum Gasteiger partial charge on any atom is -0.0616 e. The SMILES string of the molecule is Cc1cccc2ccccc12.[B]. The van der Waals surface area contributed by atoms with Gasteiger partial charge in [-0.2, -0.15) is 0 Å². The average molecular weight is 153 g/mol. The molecule has 0 aromatic heterocycles. The van der Waals surface area contributed by atoms with E-state index >= 15 is 0 Å². The lowest BCUT2D eigenvalue weighted by molar-refractivity contribution is 1.53. The molecule has 0 bridgehead atoms. The first kappa shape index (κ1) is 8.86. The molecule has 0 nitrogen and oxygen atoms in total. The topological polar surface area (TPSA) is 0 Å². The lowest BCUT2D eigenvalue weighted by Gasteiger charge is -1.98. The summed E-state index contributed by atoms with van der Waals surface area (Å²) >= 11 is 0. The van der Waals surface area contributed by atoms with Crippen LogP contribution < -0.4 is 0 Å². The summed E-state index contributed by atoms with van der Waals surface area (Å²) in [6.07, 6.45) is 0. The molecule has 12 heavy (non-hydrogen) atoms. The van der Waals surface area contributed by atoms with Crippen molar-refractivity contribution < 1.29 is 0 Å². The van der Waals surface area contributed by atoms with Crippen molar-refractivity contribution >= 4 is 19.2 Å².